The lowest BCUT2D eigenvalue weighted by Crippen LogP contribution is -2.53. The van der Waals surface area contributed by atoms with Crippen LogP contribution in [0, 0.1) is 0 Å². The van der Waals surface area contributed by atoms with Crippen molar-refractivity contribution in [2.75, 3.05) is 20.2 Å². The van der Waals surface area contributed by atoms with Crippen LogP contribution in [-0.2, 0) is 16.1 Å². The van der Waals surface area contributed by atoms with Crippen LogP contribution in [0.4, 0.5) is 0 Å². The lowest BCUT2D eigenvalue weighted by molar-refractivity contribution is -0.146. The van der Waals surface area contributed by atoms with Crippen LogP contribution in [0.5, 0.6) is 0 Å². The van der Waals surface area contributed by atoms with E-state index in [4.69, 9.17) is 16.3 Å². The minimum atomic E-state index is -0.691. The van der Waals surface area contributed by atoms with E-state index in [0.717, 1.165) is 18.7 Å². The SMILES string of the molecule is COC1(C(=O)NCc2cccc(Cl)c2)CCNCC1. The summed E-state index contributed by atoms with van der Waals surface area (Å²) in [6.07, 6.45) is 1.40. The van der Waals surface area contributed by atoms with Crippen molar-refractivity contribution in [3.8, 4) is 0 Å². The number of carbonyl (C=O) groups is 1. The second-order valence-electron chi connectivity index (χ2n) is 4.76. The Hall–Kier alpha value is -1.10. The molecule has 0 aromatic heterocycles. The Balaban J connectivity index is 1.96. The van der Waals surface area contributed by atoms with E-state index in [9.17, 15) is 4.79 Å². The zero-order chi connectivity index (χ0) is 13.7. The normalized spacial score (nSPS) is 18.0. The molecular weight excluding hydrogens is 264 g/mol. The largest absolute Gasteiger partial charge is 0.368 e. The van der Waals surface area contributed by atoms with Gasteiger partial charge in [0.1, 0.15) is 5.60 Å². The van der Waals surface area contributed by atoms with Crippen molar-refractivity contribution in [3.05, 3.63) is 34.9 Å². The molecule has 0 spiro atoms. The van der Waals surface area contributed by atoms with Crippen LogP contribution >= 0.6 is 11.6 Å². The van der Waals surface area contributed by atoms with Crippen molar-refractivity contribution < 1.29 is 9.53 Å². The number of hydrogen-bond acceptors (Lipinski definition) is 3. The van der Waals surface area contributed by atoms with E-state index in [2.05, 4.69) is 10.6 Å². The highest BCUT2D eigenvalue weighted by Crippen LogP contribution is 2.22. The fourth-order valence-electron chi connectivity index (χ4n) is 2.34. The van der Waals surface area contributed by atoms with E-state index >= 15 is 0 Å². The van der Waals surface area contributed by atoms with Gasteiger partial charge in [0.2, 0.25) is 0 Å². The summed E-state index contributed by atoms with van der Waals surface area (Å²) in [5.74, 6) is -0.0449. The zero-order valence-corrected chi connectivity index (χ0v) is 11.8. The summed E-state index contributed by atoms with van der Waals surface area (Å²) in [7, 11) is 1.60. The first-order valence-electron chi connectivity index (χ1n) is 6.45. The molecule has 1 amide bonds. The van der Waals surface area contributed by atoms with E-state index in [0.29, 0.717) is 24.4 Å². The Morgan fingerprint density at radius 1 is 1.47 bits per heavy atom. The summed E-state index contributed by atoms with van der Waals surface area (Å²) < 4.78 is 5.47. The van der Waals surface area contributed by atoms with Crippen molar-refractivity contribution in [1.82, 2.24) is 10.6 Å². The third-order valence-corrected chi connectivity index (χ3v) is 3.79. The average Bonchev–Trinajstić information content (AvgIpc) is 2.45. The molecule has 1 fully saturated rings. The van der Waals surface area contributed by atoms with Crippen LogP contribution in [0.3, 0.4) is 0 Å². The van der Waals surface area contributed by atoms with Crippen LogP contribution in [0.25, 0.3) is 0 Å². The maximum Gasteiger partial charge on any atom is 0.252 e. The number of hydrogen-bond donors (Lipinski definition) is 2. The summed E-state index contributed by atoms with van der Waals surface area (Å²) in [5, 5.41) is 6.85. The standard InChI is InChI=1S/C14H19ClN2O2/c1-19-14(5-7-16-8-6-14)13(18)17-10-11-3-2-4-12(15)9-11/h2-4,9,16H,5-8,10H2,1H3,(H,17,18). The lowest BCUT2D eigenvalue weighted by atomic mass is 9.91. The number of benzene rings is 1. The second kappa shape index (κ2) is 6.37. The lowest BCUT2D eigenvalue weighted by Gasteiger charge is -2.34. The van der Waals surface area contributed by atoms with Gasteiger partial charge < -0.3 is 15.4 Å². The van der Waals surface area contributed by atoms with Crippen LogP contribution in [-0.4, -0.2) is 31.7 Å². The molecule has 0 bridgehead atoms. The number of amides is 1. The van der Waals surface area contributed by atoms with Gasteiger partial charge in [0, 0.05) is 18.7 Å². The molecule has 1 aliphatic heterocycles. The smallest absolute Gasteiger partial charge is 0.252 e. The van der Waals surface area contributed by atoms with E-state index in [-0.39, 0.29) is 5.91 Å². The van der Waals surface area contributed by atoms with Gasteiger partial charge in [-0.25, -0.2) is 0 Å². The average molecular weight is 283 g/mol. The predicted octanol–water partition coefficient (Wildman–Crippen LogP) is 1.72. The Labute approximate surface area is 118 Å². The Morgan fingerprint density at radius 3 is 2.84 bits per heavy atom. The topological polar surface area (TPSA) is 50.4 Å². The van der Waals surface area contributed by atoms with Crippen molar-refractivity contribution in [2.45, 2.75) is 25.0 Å². The quantitative estimate of drug-likeness (QED) is 0.884. The van der Waals surface area contributed by atoms with Gasteiger partial charge in [0.15, 0.2) is 0 Å². The first-order valence-corrected chi connectivity index (χ1v) is 6.83. The minimum absolute atomic E-state index is 0.0449. The van der Waals surface area contributed by atoms with Crippen LogP contribution in [0.15, 0.2) is 24.3 Å². The second-order valence-corrected chi connectivity index (χ2v) is 5.20. The Morgan fingerprint density at radius 2 is 2.21 bits per heavy atom. The van der Waals surface area contributed by atoms with Crippen molar-refractivity contribution in [2.24, 2.45) is 0 Å². The van der Waals surface area contributed by atoms with Gasteiger partial charge in [-0.05, 0) is 43.6 Å². The number of rotatable bonds is 4. The molecule has 2 N–H and O–H groups in total. The monoisotopic (exact) mass is 282 g/mol. The number of ether oxygens (including phenoxy) is 1. The molecule has 1 heterocycles. The fourth-order valence-corrected chi connectivity index (χ4v) is 2.56. The minimum Gasteiger partial charge on any atom is -0.368 e. The third kappa shape index (κ3) is 3.47. The maximum atomic E-state index is 12.3. The molecule has 0 unspecified atom stereocenters. The molecule has 104 valence electrons. The summed E-state index contributed by atoms with van der Waals surface area (Å²) >= 11 is 5.92. The number of piperidine rings is 1. The van der Waals surface area contributed by atoms with Gasteiger partial charge in [-0.1, -0.05) is 23.7 Å². The molecule has 4 nitrogen and oxygen atoms in total. The molecular formula is C14H19ClN2O2. The molecule has 0 aliphatic carbocycles. The van der Waals surface area contributed by atoms with E-state index in [1.165, 1.54) is 0 Å². The van der Waals surface area contributed by atoms with Crippen molar-refractivity contribution in [3.63, 3.8) is 0 Å². The first kappa shape index (κ1) is 14.3. The van der Waals surface area contributed by atoms with Gasteiger partial charge >= 0.3 is 0 Å². The molecule has 1 saturated heterocycles. The van der Waals surface area contributed by atoms with Crippen molar-refractivity contribution >= 4 is 17.5 Å². The van der Waals surface area contributed by atoms with Crippen LogP contribution < -0.4 is 10.6 Å². The zero-order valence-electron chi connectivity index (χ0n) is 11.0. The van der Waals surface area contributed by atoms with Crippen LogP contribution in [0.1, 0.15) is 18.4 Å². The third-order valence-electron chi connectivity index (χ3n) is 3.56. The molecule has 2 rings (SSSR count). The number of methoxy groups -OCH3 is 1. The Kier molecular flexibility index (Phi) is 4.80. The molecule has 5 heteroatoms. The first-order chi connectivity index (χ1) is 9.16. The van der Waals surface area contributed by atoms with E-state index < -0.39 is 5.60 Å². The highest BCUT2D eigenvalue weighted by molar-refractivity contribution is 6.30. The number of carbonyl (C=O) groups excluding carboxylic acids is 1. The molecule has 0 atom stereocenters. The van der Waals surface area contributed by atoms with E-state index in [1.807, 2.05) is 24.3 Å². The summed E-state index contributed by atoms with van der Waals surface area (Å²) in [6, 6.07) is 7.48. The highest BCUT2D eigenvalue weighted by Gasteiger charge is 2.39. The van der Waals surface area contributed by atoms with Crippen molar-refractivity contribution in [1.29, 1.82) is 0 Å². The molecule has 1 aromatic carbocycles. The van der Waals surface area contributed by atoms with Gasteiger partial charge in [0.05, 0.1) is 0 Å². The summed E-state index contributed by atoms with van der Waals surface area (Å²) in [4.78, 5) is 12.3. The van der Waals surface area contributed by atoms with E-state index in [1.54, 1.807) is 7.11 Å². The predicted molar refractivity (Wildman–Crippen MR) is 75.1 cm³/mol. The molecule has 0 saturated carbocycles. The van der Waals surface area contributed by atoms with Gasteiger partial charge in [0.25, 0.3) is 5.91 Å². The van der Waals surface area contributed by atoms with Gasteiger partial charge in [-0.15, -0.1) is 0 Å². The van der Waals surface area contributed by atoms with Gasteiger partial charge in [-0.2, -0.15) is 0 Å². The summed E-state index contributed by atoms with van der Waals surface area (Å²) in [6.45, 7) is 2.08. The molecule has 1 aliphatic rings. The van der Waals surface area contributed by atoms with Crippen LogP contribution in [0.2, 0.25) is 5.02 Å². The maximum absolute atomic E-state index is 12.3. The molecule has 0 radical (unpaired) electrons. The van der Waals surface area contributed by atoms with Gasteiger partial charge in [-0.3, -0.25) is 4.79 Å². The number of nitrogens with one attached hydrogen (secondary N) is 2. The fraction of sp³-hybridized carbons (Fsp3) is 0.500. The molecule has 19 heavy (non-hydrogen) atoms. The number of halogens is 1. The summed E-state index contributed by atoms with van der Waals surface area (Å²) in [5.41, 5.74) is 0.296. The highest BCUT2D eigenvalue weighted by atomic mass is 35.5. The molecule has 1 aromatic rings. The Bertz CT molecular complexity index is 445.